The van der Waals surface area contributed by atoms with Crippen LogP contribution >= 0.6 is 0 Å². The highest BCUT2D eigenvalue weighted by Crippen LogP contribution is 2.50. The fraction of sp³-hybridized carbons (Fsp3) is 0.621. The molecular formula is C58H85F2N7O6Si2. The van der Waals surface area contributed by atoms with Crippen molar-refractivity contribution in [2.75, 3.05) is 31.2 Å². The van der Waals surface area contributed by atoms with E-state index in [1.807, 2.05) is 62.8 Å². The zero-order valence-corrected chi connectivity index (χ0v) is 49.7. The first-order valence-corrected chi connectivity index (χ1v) is 34.8. The fourth-order valence-corrected chi connectivity index (χ4v) is 12.3. The number of likely N-dealkylation sites (tertiary alicyclic amines) is 2. The number of benzene rings is 3. The number of hydrogen-bond acceptors (Lipinski definition) is 9. The maximum absolute atomic E-state index is 17.4. The zero-order chi connectivity index (χ0) is 54.6. The van der Waals surface area contributed by atoms with Gasteiger partial charge in [0.05, 0.1) is 46.2 Å². The maximum atomic E-state index is 17.4. The molecule has 2 aromatic heterocycles. The molecule has 3 aliphatic rings. The van der Waals surface area contributed by atoms with Crippen molar-refractivity contribution in [2.24, 2.45) is 0 Å². The lowest BCUT2D eigenvalue weighted by Crippen LogP contribution is -2.37. The van der Waals surface area contributed by atoms with Gasteiger partial charge in [-0.2, -0.15) is 0 Å². The van der Waals surface area contributed by atoms with Crippen molar-refractivity contribution in [3.05, 3.63) is 88.5 Å². The van der Waals surface area contributed by atoms with Crippen molar-refractivity contribution >= 4 is 56.1 Å². The van der Waals surface area contributed by atoms with Crippen LogP contribution in [-0.4, -0.2) is 94.7 Å². The second kappa shape index (κ2) is 21.5. The second-order valence-electron chi connectivity index (χ2n) is 26.7. The summed E-state index contributed by atoms with van der Waals surface area (Å²) in [6, 6.07) is 15.4. The van der Waals surface area contributed by atoms with Gasteiger partial charge in [0.15, 0.2) is 0 Å². The van der Waals surface area contributed by atoms with Crippen LogP contribution in [0.1, 0.15) is 153 Å². The Hall–Kier alpha value is -4.85. The van der Waals surface area contributed by atoms with E-state index in [0.717, 1.165) is 36.2 Å². The van der Waals surface area contributed by atoms with Crippen LogP contribution < -0.4 is 4.90 Å². The number of carbonyl (C=O) groups is 2. The molecule has 17 heteroatoms. The Morgan fingerprint density at radius 3 is 1.35 bits per heavy atom. The average molecular weight is 1070 g/mol. The number of ether oxygens (including phenoxy) is 4. The number of fused-ring (bicyclic) bond motifs is 2. The van der Waals surface area contributed by atoms with E-state index in [9.17, 15) is 9.59 Å². The third kappa shape index (κ3) is 13.1. The number of rotatable bonds is 15. The molecule has 0 aliphatic carbocycles. The third-order valence-corrected chi connectivity index (χ3v) is 18.1. The van der Waals surface area contributed by atoms with E-state index in [2.05, 4.69) is 89.2 Å². The van der Waals surface area contributed by atoms with E-state index in [1.54, 1.807) is 21.9 Å². The molecule has 3 aliphatic heterocycles. The molecule has 3 fully saturated rings. The topological polar surface area (TPSA) is 116 Å². The van der Waals surface area contributed by atoms with E-state index >= 15 is 8.78 Å². The van der Waals surface area contributed by atoms with Gasteiger partial charge in [-0.1, -0.05) is 72.2 Å². The summed E-state index contributed by atoms with van der Waals surface area (Å²) >= 11 is 0. The number of nitrogens with zero attached hydrogens (tertiary/aromatic N) is 7. The van der Waals surface area contributed by atoms with Crippen LogP contribution in [0.4, 0.5) is 24.1 Å². The third-order valence-electron chi connectivity index (χ3n) is 14.7. The normalized spacial score (nSPS) is 20.1. The van der Waals surface area contributed by atoms with Gasteiger partial charge >= 0.3 is 12.2 Å². The molecule has 8 rings (SSSR count). The molecule has 2 amide bonds. The monoisotopic (exact) mass is 1070 g/mol. The first-order chi connectivity index (χ1) is 35.0. The molecule has 410 valence electrons. The first-order valence-electron chi connectivity index (χ1n) is 27.4. The molecule has 5 aromatic rings. The van der Waals surface area contributed by atoms with E-state index in [0.29, 0.717) is 96.8 Å². The highest BCUT2D eigenvalue weighted by Gasteiger charge is 2.42. The second-order valence-corrected chi connectivity index (χ2v) is 37.9. The van der Waals surface area contributed by atoms with Gasteiger partial charge in [-0.05, 0) is 127 Å². The maximum Gasteiger partial charge on any atom is 0.410 e. The predicted molar refractivity (Wildman–Crippen MR) is 300 cm³/mol. The van der Waals surface area contributed by atoms with Gasteiger partial charge in [0.25, 0.3) is 0 Å². The van der Waals surface area contributed by atoms with Crippen LogP contribution in [0.3, 0.4) is 0 Å². The van der Waals surface area contributed by atoms with E-state index in [1.165, 1.54) is 0 Å². The molecule has 0 radical (unpaired) electrons. The van der Waals surface area contributed by atoms with Gasteiger partial charge < -0.3 is 33.0 Å². The molecule has 0 unspecified atom stereocenters. The number of imidazole rings is 2. The van der Waals surface area contributed by atoms with Crippen molar-refractivity contribution in [3.8, 4) is 0 Å². The molecule has 3 saturated heterocycles. The van der Waals surface area contributed by atoms with Crippen LogP contribution in [0.2, 0.25) is 51.4 Å². The van der Waals surface area contributed by atoms with E-state index < -0.39 is 63.3 Å². The lowest BCUT2D eigenvalue weighted by molar-refractivity contribution is 0.0196. The highest BCUT2D eigenvalue weighted by molar-refractivity contribution is 6.76. The molecule has 3 aromatic carbocycles. The average Bonchev–Trinajstić information content (AvgIpc) is 4.14. The number of anilines is 1. The summed E-state index contributed by atoms with van der Waals surface area (Å²) in [6.07, 6.45) is 3.17. The van der Waals surface area contributed by atoms with Gasteiger partial charge in [-0.15, -0.1) is 0 Å². The molecule has 75 heavy (non-hydrogen) atoms. The summed E-state index contributed by atoms with van der Waals surface area (Å²) in [5.41, 5.74) is 3.82. The fourth-order valence-electron chi connectivity index (χ4n) is 10.8. The van der Waals surface area contributed by atoms with Crippen LogP contribution in [0.25, 0.3) is 22.1 Å². The smallest absolute Gasteiger partial charge is 0.410 e. The Morgan fingerprint density at radius 2 is 0.987 bits per heavy atom. The molecule has 0 spiro atoms. The number of hydrogen-bond donors (Lipinski definition) is 0. The van der Waals surface area contributed by atoms with Crippen LogP contribution in [0.5, 0.6) is 0 Å². The predicted octanol–water partition coefficient (Wildman–Crippen LogP) is 14.8. The Kier molecular flexibility index (Phi) is 16.2. The SMILES string of the molecule is CC(C)(C)OC(=O)N1CCC[C@@H]1c1nc2cc([C@H]3CC[C@H](c4cc5nc([C@@H]6CCCN6C(=O)OC(C)(C)C)n(COCC[Si](C)(C)C)c5cc4F)N3c3ccc(C(C)(C)C)cc3)c(F)cc2n1COCC[Si](C)(C)C. The van der Waals surface area contributed by atoms with Gasteiger partial charge in [0.1, 0.15) is 47.9 Å². The zero-order valence-electron chi connectivity index (χ0n) is 47.7. The quantitative estimate of drug-likeness (QED) is 0.0746. The lowest BCUT2D eigenvalue weighted by atomic mass is 9.87. The highest BCUT2D eigenvalue weighted by atomic mass is 28.3. The Bertz CT molecular complexity index is 2690. The molecule has 5 heterocycles. The molecular weight excluding hydrogens is 985 g/mol. The van der Waals surface area contributed by atoms with Crippen LogP contribution in [0.15, 0.2) is 48.5 Å². The van der Waals surface area contributed by atoms with Gasteiger partial charge in [0, 0.05) is 71.4 Å². The van der Waals surface area contributed by atoms with Crippen molar-refractivity contribution in [1.29, 1.82) is 0 Å². The Morgan fingerprint density at radius 1 is 0.587 bits per heavy atom. The molecule has 4 atom stereocenters. The Balaban J connectivity index is 1.21. The van der Waals surface area contributed by atoms with Crippen LogP contribution in [-0.2, 0) is 37.8 Å². The largest absolute Gasteiger partial charge is 0.444 e. The summed E-state index contributed by atoms with van der Waals surface area (Å²) in [5, 5.41) is 0. The van der Waals surface area contributed by atoms with Gasteiger partial charge in [-0.3, -0.25) is 9.80 Å². The van der Waals surface area contributed by atoms with Crippen molar-refractivity contribution in [3.63, 3.8) is 0 Å². The summed E-state index contributed by atoms with van der Waals surface area (Å²) in [5.74, 6) is 0.488. The summed E-state index contributed by atoms with van der Waals surface area (Å²) in [4.78, 5) is 43.5. The van der Waals surface area contributed by atoms with Gasteiger partial charge in [-0.25, -0.2) is 28.3 Å². The lowest BCUT2D eigenvalue weighted by Gasteiger charge is -2.34. The number of amides is 2. The molecule has 0 N–H and O–H groups in total. The van der Waals surface area contributed by atoms with Crippen molar-refractivity contribution in [2.45, 2.75) is 206 Å². The van der Waals surface area contributed by atoms with Crippen molar-refractivity contribution < 1.29 is 37.3 Å². The molecule has 0 saturated carbocycles. The minimum Gasteiger partial charge on any atom is -0.444 e. The summed E-state index contributed by atoms with van der Waals surface area (Å²) < 4.78 is 63.2. The molecule has 0 bridgehead atoms. The standard InChI is InChI=1S/C58H85F2N7O6Si2/c1-56(2,3)38-20-22-39(23-21-38)67-46(40-32-44-50(34-42(40)59)65(36-70-28-30-74(10,11)12)52(61-44)48-18-16-26-63(48)54(68)72-57(4,5)6)24-25-47(67)41-33-45-51(35-43(41)60)66(37-71-29-31-75(13,14)15)53(62-45)49-19-17-27-64(49)55(69)73-58(7,8)9/h20-23,32-35,46-49H,16-19,24-31,36-37H2,1-15H3/t46-,47-,48-,49+/m1/s1. The Labute approximate surface area is 446 Å². The van der Waals surface area contributed by atoms with E-state index in [-0.39, 0.29) is 31.0 Å². The minimum absolute atomic E-state index is 0.114. The molecule has 13 nitrogen and oxygen atoms in total. The number of halogens is 2. The van der Waals surface area contributed by atoms with E-state index in [4.69, 9.17) is 28.9 Å². The minimum atomic E-state index is -1.41. The van der Waals surface area contributed by atoms with Crippen LogP contribution in [0, 0.1) is 11.6 Å². The number of carbonyl (C=O) groups excluding carboxylic acids is 2. The summed E-state index contributed by atoms with van der Waals surface area (Å²) in [6.45, 7) is 34.0. The number of aromatic nitrogens is 4. The summed E-state index contributed by atoms with van der Waals surface area (Å²) in [7, 11) is -2.83. The van der Waals surface area contributed by atoms with Gasteiger partial charge in [0.2, 0.25) is 0 Å². The first kappa shape index (κ1) is 56.4. The van der Waals surface area contributed by atoms with Crippen molar-refractivity contribution in [1.82, 2.24) is 28.9 Å².